The quantitative estimate of drug-likeness (QED) is 0.405. The smallest absolute Gasteiger partial charge is 0.0618 e. The zero-order chi connectivity index (χ0) is 5.21. The van der Waals surface area contributed by atoms with E-state index in [-0.39, 0.29) is 0 Å². The molecule has 0 heterocycles. The van der Waals surface area contributed by atoms with E-state index in [0.717, 1.165) is 0 Å². The van der Waals surface area contributed by atoms with E-state index < -0.39 is 6.37 Å². The van der Waals surface area contributed by atoms with Gasteiger partial charge in [0.15, 0.2) is 0 Å². The maximum Gasteiger partial charge on any atom is 0.0618 e. The van der Waals surface area contributed by atoms with Gasteiger partial charge >= 0.3 is 0 Å². The standard InChI is InChI=1S/C3H5N/c1-2-3-4/h2H2,1H3/i2D2. The van der Waals surface area contributed by atoms with Gasteiger partial charge in [-0.2, -0.15) is 5.26 Å². The Morgan fingerprint density at radius 3 is 2.75 bits per heavy atom. The number of nitriles is 1. The van der Waals surface area contributed by atoms with Crippen LogP contribution in [0.1, 0.15) is 16.0 Å². The molecule has 0 N–H and O–H groups in total. The van der Waals surface area contributed by atoms with Crippen molar-refractivity contribution in [2.75, 3.05) is 0 Å². The molecule has 0 saturated carbocycles. The molecule has 0 aliphatic rings. The minimum atomic E-state index is -1.65. The lowest BCUT2D eigenvalue weighted by Crippen LogP contribution is -1.38. The van der Waals surface area contributed by atoms with Crippen LogP contribution in [0.25, 0.3) is 0 Å². The summed E-state index contributed by atoms with van der Waals surface area (Å²) >= 11 is 0. The molecule has 0 aromatic rings. The van der Waals surface area contributed by atoms with Crippen LogP contribution in [0.2, 0.25) is 0 Å². The molecule has 0 amide bonds. The van der Waals surface area contributed by atoms with Crippen LogP contribution < -0.4 is 0 Å². The number of hydrogen-bond donors (Lipinski definition) is 0. The Balaban J connectivity index is 3.55. The molecule has 1 heteroatoms. The van der Waals surface area contributed by atoms with Crippen molar-refractivity contribution in [1.82, 2.24) is 0 Å². The molecule has 0 rings (SSSR count). The van der Waals surface area contributed by atoms with Crippen LogP contribution in [-0.4, -0.2) is 0 Å². The number of nitrogens with zero attached hydrogens (tertiary/aromatic N) is 1. The summed E-state index contributed by atoms with van der Waals surface area (Å²) in [5.41, 5.74) is 0. The third-order valence-electron chi connectivity index (χ3n) is 0.112. The lowest BCUT2D eigenvalue weighted by Gasteiger charge is -1.47. The van der Waals surface area contributed by atoms with E-state index in [4.69, 9.17) is 8.00 Å². The first-order valence-electron chi connectivity index (χ1n) is 1.97. The fourth-order valence-corrected chi connectivity index (χ4v) is 0. The van der Waals surface area contributed by atoms with Gasteiger partial charge < -0.3 is 0 Å². The van der Waals surface area contributed by atoms with Crippen LogP contribution in [0.5, 0.6) is 0 Å². The molecule has 1 nitrogen and oxygen atoms in total. The van der Waals surface area contributed by atoms with Crippen LogP contribution in [0.4, 0.5) is 0 Å². The molecule has 4 heavy (non-hydrogen) atoms. The summed E-state index contributed by atoms with van der Waals surface area (Å²) in [7, 11) is 0. The highest BCUT2D eigenvalue weighted by Crippen LogP contribution is 1.58. The first-order chi connectivity index (χ1) is 2.56. The molecule has 0 radical (unpaired) electrons. The van der Waals surface area contributed by atoms with Gasteiger partial charge in [0.1, 0.15) is 0 Å². The van der Waals surface area contributed by atoms with Crippen LogP contribution in [0.15, 0.2) is 0 Å². The molecule has 0 bridgehead atoms. The third-order valence-corrected chi connectivity index (χ3v) is 0.112. The topological polar surface area (TPSA) is 23.8 Å². The molecule has 0 atom stereocenters. The number of hydrogen-bond acceptors (Lipinski definition) is 1. The van der Waals surface area contributed by atoms with Crippen LogP contribution in [-0.2, 0) is 0 Å². The van der Waals surface area contributed by atoms with Crippen molar-refractivity contribution in [2.45, 2.75) is 13.3 Å². The molecule has 0 aliphatic heterocycles. The fraction of sp³-hybridized carbons (Fsp3) is 0.667. The highest BCUT2D eigenvalue weighted by atomic mass is 14.2. The Labute approximate surface area is 28.7 Å². The third kappa shape index (κ3) is 1.49. The predicted molar refractivity (Wildman–Crippen MR) is 15.9 cm³/mol. The van der Waals surface area contributed by atoms with E-state index in [1.165, 1.54) is 13.0 Å². The van der Waals surface area contributed by atoms with E-state index in [1.54, 1.807) is 0 Å². The molecule has 0 saturated heterocycles. The molecular weight excluding hydrogens is 50.0 g/mol. The van der Waals surface area contributed by atoms with Crippen molar-refractivity contribution < 1.29 is 2.74 Å². The molecule has 0 fully saturated rings. The molecule has 0 aliphatic carbocycles. The second-order valence-corrected chi connectivity index (χ2v) is 0.362. The average molecular weight is 57.1 g/mol. The molecule has 0 aromatic carbocycles. The molecular formula is C3H5N. The summed E-state index contributed by atoms with van der Waals surface area (Å²) in [5, 5.41) is 7.78. The van der Waals surface area contributed by atoms with E-state index in [2.05, 4.69) is 0 Å². The van der Waals surface area contributed by atoms with E-state index in [0.29, 0.717) is 0 Å². The SMILES string of the molecule is [2H]C([2H])(C)C#N. The Morgan fingerprint density at radius 2 is 2.75 bits per heavy atom. The lowest BCUT2D eigenvalue weighted by molar-refractivity contribution is 1.22. The largest absolute Gasteiger partial charge is 0.198 e. The van der Waals surface area contributed by atoms with E-state index >= 15 is 0 Å². The Morgan fingerprint density at radius 1 is 2.50 bits per heavy atom. The highest BCUT2D eigenvalue weighted by Gasteiger charge is 1.49. The normalized spacial score (nSPS) is 16.0. The van der Waals surface area contributed by atoms with Gasteiger partial charge in [0, 0.05) is 9.11 Å². The Bertz CT molecular complexity index is 75.8. The highest BCUT2D eigenvalue weighted by molar-refractivity contribution is 4.61. The summed E-state index contributed by atoms with van der Waals surface area (Å²) in [6.07, 6.45) is -1.65. The first kappa shape index (κ1) is 1.07. The molecule has 22 valence electrons. The van der Waals surface area contributed by atoms with Gasteiger partial charge in [-0.15, -0.1) is 0 Å². The van der Waals surface area contributed by atoms with Crippen molar-refractivity contribution in [3.8, 4) is 6.07 Å². The molecule has 0 aromatic heterocycles. The summed E-state index contributed by atoms with van der Waals surface area (Å²) in [4.78, 5) is 0. The van der Waals surface area contributed by atoms with Crippen molar-refractivity contribution in [3.63, 3.8) is 0 Å². The second-order valence-electron chi connectivity index (χ2n) is 0.362. The van der Waals surface area contributed by atoms with Gasteiger partial charge in [-0.05, 0) is 0 Å². The van der Waals surface area contributed by atoms with Gasteiger partial charge in [0.05, 0.1) is 6.07 Å². The summed E-state index contributed by atoms with van der Waals surface area (Å²) in [5.74, 6) is 0. The minimum absolute atomic E-state index is 1.22. The predicted octanol–water partition coefficient (Wildman–Crippen LogP) is 0.920. The van der Waals surface area contributed by atoms with Crippen molar-refractivity contribution in [1.29, 1.82) is 5.26 Å². The van der Waals surface area contributed by atoms with Gasteiger partial charge in [0.2, 0.25) is 0 Å². The van der Waals surface area contributed by atoms with E-state index in [1.807, 2.05) is 0 Å². The van der Waals surface area contributed by atoms with Gasteiger partial charge in [-0.3, -0.25) is 0 Å². The maximum absolute atomic E-state index is 7.78. The maximum atomic E-state index is 7.78. The van der Waals surface area contributed by atoms with Gasteiger partial charge in [-0.1, -0.05) is 6.92 Å². The summed E-state index contributed by atoms with van der Waals surface area (Å²) < 4.78 is 13.0. The zero-order valence-corrected chi connectivity index (χ0v) is 2.45. The van der Waals surface area contributed by atoms with Crippen LogP contribution in [0.3, 0.4) is 0 Å². The number of rotatable bonds is 0. The molecule has 0 unspecified atom stereocenters. The van der Waals surface area contributed by atoms with Gasteiger partial charge in [0.25, 0.3) is 0 Å². The lowest BCUT2D eigenvalue weighted by atomic mass is 10.6. The summed E-state index contributed by atoms with van der Waals surface area (Å²) in [6, 6.07) is 1.44. The zero-order valence-electron chi connectivity index (χ0n) is 4.45. The van der Waals surface area contributed by atoms with Crippen molar-refractivity contribution in [3.05, 3.63) is 0 Å². The summed E-state index contributed by atoms with van der Waals surface area (Å²) in [6.45, 7) is 1.22. The van der Waals surface area contributed by atoms with Crippen LogP contribution in [0, 0.1) is 11.3 Å². The van der Waals surface area contributed by atoms with Crippen LogP contribution >= 0.6 is 0 Å². The monoisotopic (exact) mass is 57.1 g/mol. The molecule has 0 spiro atoms. The van der Waals surface area contributed by atoms with Crippen molar-refractivity contribution >= 4 is 0 Å². The fourth-order valence-electron chi connectivity index (χ4n) is 0. The Hall–Kier alpha value is -0.510. The van der Waals surface area contributed by atoms with E-state index in [9.17, 15) is 0 Å². The van der Waals surface area contributed by atoms with Gasteiger partial charge in [-0.25, -0.2) is 0 Å². The minimum Gasteiger partial charge on any atom is -0.198 e. The second kappa shape index (κ2) is 2.49. The average Bonchev–Trinajstić information content (AvgIpc) is 1.35. The Kier molecular flexibility index (Phi) is 0.668. The van der Waals surface area contributed by atoms with Crippen molar-refractivity contribution in [2.24, 2.45) is 0 Å². The first-order valence-corrected chi connectivity index (χ1v) is 0.974.